The first-order valence-electron chi connectivity index (χ1n) is 10.7. The molecule has 0 aliphatic carbocycles. The Morgan fingerprint density at radius 2 is 1.78 bits per heavy atom. The van der Waals surface area contributed by atoms with E-state index in [0.717, 1.165) is 50.1 Å². The maximum Gasteiger partial charge on any atom is 0.187 e. The van der Waals surface area contributed by atoms with Crippen LogP contribution in [0.4, 0.5) is 10.8 Å². The largest absolute Gasteiger partial charge is 0.331 e. The van der Waals surface area contributed by atoms with Crippen LogP contribution in [-0.4, -0.2) is 19.5 Å². The molecule has 2 aromatic carbocycles. The number of anilines is 2. The summed E-state index contributed by atoms with van der Waals surface area (Å²) in [4.78, 5) is 13.8. The summed E-state index contributed by atoms with van der Waals surface area (Å²) in [6, 6.07) is 16.9. The summed E-state index contributed by atoms with van der Waals surface area (Å²) in [5.74, 6) is 1.46. The molecule has 0 fully saturated rings. The van der Waals surface area contributed by atoms with Crippen LogP contribution in [0.1, 0.15) is 30.9 Å². The maximum atomic E-state index is 4.98. The van der Waals surface area contributed by atoms with Crippen LogP contribution in [0.25, 0.3) is 33.7 Å². The van der Waals surface area contributed by atoms with Gasteiger partial charge in [-0.15, -0.1) is 11.3 Å². The zero-order valence-electron chi connectivity index (χ0n) is 18.6. The van der Waals surface area contributed by atoms with Crippen molar-refractivity contribution in [1.29, 1.82) is 0 Å². The molecule has 5 rings (SSSR count). The highest BCUT2D eigenvalue weighted by molar-refractivity contribution is 7.14. The van der Waals surface area contributed by atoms with E-state index in [0.29, 0.717) is 5.92 Å². The minimum atomic E-state index is 0.484. The maximum absolute atomic E-state index is 4.98. The van der Waals surface area contributed by atoms with Crippen LogP contribution in [0.3, 0.4) is 0 Å². The van der Waals surface area contributed by atoms with Crippen molar-refractivity contribution >= 4 is 33.2 Å². The molecule has 3 aromatic heterocycles. The molecule has 5 aromatic rings. The fourth-order valence-electron chi connectivity index (χ4n) is 3.87. The van der Waals surface area contributed by atoms with Crippen LogP contribution in [0.5, 0.6) is 0 Å². The Labute approximate surface area is 191 Å². The van der Waals surface area contributed by atoms with Gasteiger partial charge in [-0.2, -0.15) is 0 Å². The number of benzene rings is 2. The summed E-state index contributed by atoms with van der Waals surface area (Å²) in [5, 5.41) is 6.41. The van der Waals surface area contributed by atoms with Crippen molar-refractivity contribution < 1.29 is 0 Å². The number of aryl methyl sites for hydroxylation is 2. The third-order valence-electron chi connectivity index (χ3n) is 5.76. The lowest BCUT2D eigenvalue weighted by molar-refractivity contribution is 0.865. The van der Waals surface area contributed by atoms with Gasteiger partial charge in [-0.3, -0.25) is 4.98 Å². The van der Waals surface area contributed by atoms with Crippen molar-refractivity contribution in [3.05, 3.63) is 77.4 Å². The second-order valence-corrected chi connectivity index (χ2v) is 9.19. The molecule has 0 radical (unpaired) electrons. The quantitative estimate of drug-likeness (QED) is 0.322. The van der Waals surface area contributed by atoms with Gasteiger partial charge in [-0.05, 0) is 54.3 Å². The molecule has 6 heteroatoms. The van der Waals surface area contributed by atoms with E-state index < -0.39 is 0 Å². The third kappa shape index (κ3) is 3.78. The van der Waals surface area contributed by atoms with Gasteiger partial charge in [0.2, 0.25) is 0 Å². The highest BCUT2D eigenvalue weighted by Gasteiger charge is 2.14. The van der Waals surface area contributed by atoms with Gasteiger partial charge in [0.25, 0.3) is 0 Å². The third-order valence-corrected chi connectivity index (χ3v) is 6.52. The molecule has 0 bridgehead atoms. The number of imidazole rings is 1. The van der Waals surface area contributed by atoms with Gasteiger partial charge >= 0.3 is 0 Å². The number of hydrogen-bond donors (Lipinski definition) is 1. The van der Waals surface area contributed by atoms with Crippen LogP contribution >= 0.6 is 11.3 Å². The fourth-order valence-corrected chi connectivity index (χ4v) is 4.61. The van der Waals surface area contributed by atoms with Crippen molar-refractivity contribution in [2.24, 2.45) is 7.05 Å². The number of hydrogen-bond acceptors (Lipinski definition) is 5. The Hall–Kier alpha value is -3.51. The normalized spacial score (nSPS) is 11.4. The minimum Gasteiger partial charge on any atom is -0.331 e. The first kappa shape index (κ1) is 20.4. The Kier molecular flexibility index (Phi) is 5.23. The van der Waals surface area contributed by atoms with E-state index >= 15 is 0 Å². The molecule has 5 nitrogen and oxygen atoms in total. The molecule has 0 aliphatic heterocycles. The average Bonchev–Trinajstić information content (AvgIpc) is 3.40. The summed E-state index contributed by atoms with van der Waals surface area (Å²) in [7, 11) is 2.08. The van der Waals surface area contributed by atoms with Crippen molar-refractivity contribution in [2.45, 2.75) is 26.7 Å². The monoisotopic (exact) mass is 439 g/mol. The highest BCUT2D eigenvalue weighted by atomic mass is 32.1. The number of pyridine rings is 1. The highest BCUT2D eigenvalue weighted by Crippen LogP contribution is 2.32. The molecule has 1 N–H and O–H groups in total. The van der Waals surface area contributed by atoms with E-state index in [-0.39, 0.29) is 0 Å². The lowest BCUT2D eigenvalue weighted by Crippen LogP contribution is -1.95. The van der Waals surface area contributed by atoms with Crippen LogP contribution in [0.15, 0.2) is 66.3 Å². The molecule has 0 aliphatic rings. The van der Waals surface area contributed by atoms with E-state index in [4.69, 9.17) is 9.97 Å². The van der Waals surface area contributed by atoms with Gasteiger partial charge in [-0.25, -0.2) is 9.97 Å². The minimum absolute atomic E-state index is 0.484. The standard InChI is InChI=1S/C26H25N5S/c1-16(2)19-6-5-7-20(13-19)25-28-22-14-21(17(3)12-24(22)31(25)4)29-26-30-23(15-32-26)18-8-10-27-11-9-18/h5-16H,1-4H3,(H,29,30). The number of aromatic nitrogens is 4. The molecular weight excluding hydrogens is 414 g/mol. The Morgan fingerprint density at radius 1 is 0.969 bits per heavy atom. The van der Waals surface area contributed by atoms with Crippen LogP contribution in [0, 0.1) is 6.92 Å². The van der Waals surface area contributed by atoms with E-state index in [1.54, 1.807) is 23.7 Å². The summed E-state index contributed by atoms with van der Waals surface area (Å²) in [6.45, 7) is 6.55. The van der Waals surface area contributed by atoms with E-state index in [1.165, 1.54) is 5.56 Å². The Bertz CT molecular complexity index is 1400. The van der Waals surface area contributed by atoms with Gasteiger partial charge < -0.3 is 9.88 Å². The second-order valence-electron chi connectivity index (χ2n) is 8.33. The molecule has 32 heavy (non-hydrogen) atoms. The average molecular weight is 440 g/mol. The molecule has 0 amide bonds. The Morgan fingerprint density at radius 3 is 2.56 bits per heavy atom. The van der Waals surface area contributed by atoms with E-state index in [9.17, 15) is 0 Å². The zero-order chi connectivity index (χ0) is 22.2. The van der Waals surface area contributed by atoms with Crippen LogP contribution in [0.2, 0.25) is 0 Å². The molecule has 0 saturated carbocycles. The van der Waals surface area contributed by atoms with E-state index in [2.05, 4.69) is 84.5 Å². The molecule has 160 valence electrons. The van der Waals surface area contributed by atoms with Crippen LogP contribution in [-0.2, 0) is 7.05 Å². The van der Waals surface area contributed by atoms with Crippen molar-refractivity contribution in [1.82, 2.24) is 19.5 Å². The topological polar surface area (TPSA) is 55.6 Å². The Balaban J connectivity index is 1.49. The summed E-state index contributed by atoms with van der Waals surface area (Å²) < 4.78 is 2.18. The zero-order valence-corrected chi connectivity index (χ0v) is 19.4. The first-order chi connectivity index (χ1) is 15.5. The predicted molar refractivity (Wildman–Crippen MR) is 134 cm³/mol. The van der Waals surface area contributed by atoms with Gasteiger partial charge in [0.15, 0.2) is 5.13 Å². The second kappa shape index (κ2) is 8.20. The SMILES string of the molecule is Cc1cc2c(cc1Nc1nc(-c3ccncc3)cs1)nc(-c1cccc(C(C)C)c1)n2C. The number of thiazole rings is 1. The first-order valence-corrected chi connectivity index (χ1v) is 11.6. The van der Waals surface area contributed by atoms with Crippen molar-refractivity contribution in [2.75, 3.05) is 5.32 Å². The molecule has 0 saturated heterocycles. The summed E-state index contributed by atoms with van der Waals surface area (Å²) >= 11 is 1.59. The van der Waals surface area contributed by atoms with Gasteiger partial charge in [-0.1, -0.05) is 32.0 Å². The predicted octanol–water partition coefficient (Wildman–Crippen LogP) is 6.93. The van der Waals surface area contributed by atoms with Crippen LogP contribution < -0.4 is 5.32 Å². The number of nitrogens with one attached hydrogen (secondary N) is 1. The molecule has 0 spiro atoms. The number of fused-ring (bicyclic) bond motifs is 1. The fraction of sp³-hybridized carbons (Fsp3) is 0.192. The number of nitrogens with zero attached hydrogens (tertiary/aromatic N) is 4. The lowest BCUT2D eigenvalue weighted by atomic mass is 10.0. The molecule has 0 unspecified atom stereocenters. The molecule has 3 heterocycles. The lowest BCUT2D eigenvalue weighted by Gasteiger charge is -2.09. The van der Waals surface area contributed by atoms with Crippen molar-refractivity contribution in [3.8, 4) is 22.6 Å². The van der Waals surface area contributed by atoms with Gasteiger partial charge in [0, 0.05) is 41.6 Å². The summed E-state index contributed by atoms with van der Waals surface area (Å²) in [5.41, 5.74) is 8.74. The van der Waals surface area contributed by atoms with Gasteiger partial charge in [0.1, 0.15) is 5.82 Å². The molecular formula is C26H25N5S. The summed E-state index contributed by atoms with van der Waals surface area (Å²) in [6.07, 6.45) is 3.57. The van der Waals surface area contributed by atoms with Gasteiger partial charge in [0.05, 0.1) is 16.7 Å². The molecule has 0 atom stereocenters. The number of rotatable bonds is 5. The smallest absolute Gasteiger partial charge is 0.187 e. The van der Waals surface area contributed by atoms with E-state index in [1.807, 2.05) is 12.1 Å². The van der Waals surface area contributed by atoms with Crippen molar-refractivity contribution in [3.63, 3.8) is 0 Å².